The third-order valence-corrected chi connectivity index (χ3v) is 4.11. The van der Waals surface area contributed by atoms with E-state index in [0.29, 0.717) is 12.5 Å². The van der Waals surface area contributed by atoms with Crippen LogP contribution < -0.4 is 0 Å². The standard InChI is InChI=1S/C15H20N2O/c18-15(12-6-2-1-3-7-12)10-17-11-16-13-8-4-5-9-14(13)17/h4-5,8-9,11-12,15,18H,1-3,6-7,10H2. The van der Waals surface area contributed by atoms with Crippen molar-refractivity contribution in [2.24, 2.45) is 5.92 Å². The number of para-hydroxylation sites is 2. The number of fused-ring (bicyclic) bond motifs is 1. The second-order valence-electron chi connectivity index (χ2n) is 5.35. The van der Waals surface area contributed by atoms with Gasteiger partial charge < -0.3 is 9.67 Å². The smallest absolute Gasteiger partial charge is 0.0959 e. The number of aromatic nitrogens is 2. The fourth-order valence-electron chi connectivity index (χ4n) is 3.03. The zero-order valence-electron chi connectivity index (χ0n) is 10.6. The van der Waals surface area contributed by atoms with Gasteiger partial charge in [-0.15, -0.1) is 0 Å². The molecule has 1 aliphatic rings. The van der Waals surface area contributed by atoms with Gasteiger partial charge in [-0.25, -0.2) is 4.98 Å². The summed E-state index contributed by atoms with van der Waals surface area (Å²) < 4.78 is 2.08. The molecular weight excluding hydrogens is 224 g/mol. The van der Waals surface area contributed by atoms with Crippen molar-refractivity contribution in [3.8, 4) is 0 Å². The van der Waals surface area contributed by atoms with Crippen molar-refractivity contribution < 1.29 is 5.11 Å². The lowest BCUT2D eigenvalue weighted by molar-refractivity contribution is 0.0705. The fraction of sp³-hybridized carbons (Fsp3) is 0.533. The molecule has 3 heteroatoms. The van der Waals surface area contributed by atoms with Crippen molar-refractivity contribution in [1.82, 2.24) is 9.55 Å². The minimum absolute atomic E-state index is 0.233. The highest BCUT2D eigenvalue weighted by molar-refractivity contribution is 5.74. The molecule has 96 valence electrons. The van der Waals surface area contributed by atoms with Crippen LogP contribution in [0, 0.1) is 5.92 Å². The van der Waals surface area contributed by atoms with Crippen LogP contribution in [0.15, 0.2) is 30.6 Å². The molecule has 1 saturated carbocycles. The summed E-state index contributed by atoms with van der Waals surface area (Å²) in [5.41, 5.74) is 2.13. The molecule has 0 radical (unpaired) electrons. The van der Waals surface area contributed by atoms with Crippen molar-refractivity contribution in [3.05, 3.63) is 30.6 Å². The van der Waals surface area contributed by atoms with Crippen molar-refractivity contribution in [1.29, 1.82) is 0 Å². The molecule has 0 aliphatic heterocycles. The highest BCUT2D eigenvalue weighted by atomic mass is 16.3. The topological polar surface area (TPSA) is 38.0 Å². The van der Waals surface area contributed by atoms with Crippen LogP contribution in [-0.4, -0.2) is 20.8 Å². The summed E-state index contributed by atoms with van der Waals surface area (Å²) >= 11 is 0. The number of benzene rings is 1. The van der Waals surface area contributed by atoms with E-state index in [1.165, 1.54) is 32.1 Å². The molecule has 1 heterocycles. The number of rotatable bonds is 3. The van der Waals surface area contributed by atoms with Crippen LogP contribution in [-0.2, 0) is 6.54 Å². The molecule has 1 aliphatic carbocycles. The molecule has 18 heavy (non-hydrogen) atoms. The highest BCUT2D eigenvalue weighted by Crippen LogP contribution is 2.27. The van der Waals surface area contributed by atoms with E-state index in [1.807, 2.05) is 24.5 Å². The van der Waals surface area contributed by atoms with Gasteiger partial charge in [-0.1, -0.05) is 31.4 Å². The first-order chi connectivity index (χ1) is 8.84. The predicted octanol–water partition coefficient (Wildman–Crippen LogP) is 2.98. The van der Waals surface area contributed by atoms with Gasteiger partial charge in [-0.2, -0.15) is 0 Å². The zero-order valence-corrected chi connectivity index (χ0v) is 10.6. The second kappa shape index (κ2) is 5.11. The number of imidazole rings is 1. The van der Waals surface area contributed by atoms with E-state index in [0.717, 1.165) is 11.0 Å². The summed E-state index contributed by atoms with van der Waals surface area (Å²) in [4.78, 5) is 4.37. The largest absolute Gasteiger partial charge is 0.391 e. The number of aliphatic hydroxyl groups is 1. The molecule has 0 bridgehead atoms. The first kappa shape index (κ1) is 11.7. The Hall–Kier alpha value is -1.35. The minimum atomic E-state index is -0.233. The Labute approximate surface area is 107 Å². The summed E-state index contributed by atoms with van der Waals surface area (Å²) in [7, 11) is 0. The van der Waals surface area contributed by atoms with Crippen molar-refractivity contribution in [2.75, 3.05) is 0 Å². The van der Waals surface area contributed by atoms with Gasteiger partial charge in [-0.3, -0.25) is 0 Å². The highest BCUT2D eigenvalue weighted by Gasteiger charge is 2.22. The molecule has 1 N–H and O–H groups in total. The predicted molar refractivity (Wildman–Crippen MR) is 72.3 cm³/mol. The average molecular weight is 244 g/mol. The van der Waals surface area contributed by atoms with Crippen LogP contribution in [0.1, 0.15) is 32.1 Å². The summed E-state index contributed by atoms with van der Waals surface area (Å²) in [5, 5.41) is 10.4. The molecule has 1 unspecified atom stereocenters. The molecule has 3 nitrogen and oxygen atoms in total. The molecule has 0 saturated heterocycles. The Bertz CT molecular complexity index is 514. The molecule has 1 aromatic heterocycles. The van der Waals surface area contributed by atoms with Gasteiger partial charge in [-0.05, 0) is 30.9 Å². The van der Waals surface area contributed by atoms with E-state index in [9.17, 15) is 5.11 Å². The Morgan fingerprint density at radius 2 is 2.00 bits per heavy atom. The van der Waals surface area contributed by atoms with E-state index in [1.54, 1.807) is 0 Å². The third kappa shape index (κ3) is 2.27. The third-order valence-electron chi connectivity index (χ3n) is 4.11. The van der Waals surface area contributed by atoms with Gasteiger partial charge >= 0.3 is 0 Å². The van der Waals surface area contributed by atoms with Crippen LogP contribution in [0.2, 0.25) is 0 Å². The van der Waals surface area contributed by atoms with E-state index in [-0.39, 0.29) is 6.10 Å². The molecule has 3 rings (SSSR count). The van der Waals surface area contributed by atoms with Gasteiger partial charge in [0.1, 0.15) is 0 Å². The number of nitrogens with zero attached hydrogens (tertiary/aromatic N) is 2. The monoisotopic (exact) mass is 244 g/mol. The van der Waals surface area contributed by atoms with Crippen LogP contribution in [0.25, 0.3) is 11.0 Å². The number of hydrogen-bond acceptors (Lipinski definition) is 2. The molecule has 1 fully saturated rings. The lowest BCUT2D eigenvalue weighted by Crippen LogP contribution is -2.27. The molecule has 1 atom stereocenters. The van der Waals surface area contributed by atoms with Crippen molar-refractivity contribution in [2.45, 2.75) is 44.8 Å². The van der Waals surface area contributed by atoms with Gasteiger partial charge in [0.2, 0.25) is 0 Å². The number of hydrogen-bond donors (Lipinski definition) is 1. The maximum absolute atomic E-state index is 10.4. The molecule has 0 amide bonds. The SMILES string of the molecule is OC(Cn1cnc2ccccc21)C1CCCCC1. The van der Waals surface area contributed by atoms with Gasteiger partial charge in [0.15, 0.2) is 0 Å². The van der Waals surface area contributed by atoms with E-state index >= 15 is 0 Å². The Kier molecular flexibility index (Phi) is 3.33. The summed E-state index contributed by atoms with van der Waals surface area (Å²) in [5.74, 6) is 0.472. The Morgan fingerprint density at radius 3 is 2.83 bits per heavy atom. The molecule has 2 aromatic rings. The molecule has 0 spiro atoms. The minimum Gasteiger partial charge on any atom is -0.391 e. The fourth-order valence-corrected chi connectivity index (χ4v) is 3.03. The maximum Gasteiger partial charge on any atom is 0.0959 e. The van der Waals surface area contributed by atoms with Gasteiger partial charge in [0, 0.05) is 0 Å². The maximum atomic E-state index is 10.4. The summed E-state index contributed by atoms with van der Waals surface area (Å²) in [6.45, 7) is 0.672. The first-order valence-electron chi connectivity index (χ1n) is 6.92. The summed E-state index contributed by atoms with van der Waals surface area (Å²) in [6, 6.07) is 8.10. The van der Waals surface area contributed by atoms with Crippen molar-refractivity contribution >= 4 is 11.0 Å². The average Bonchev–Trinajstić information content (AvgIpc) is 2.83. The van der Waals surface area contributed by atoms with E-state index in [4.69, 9.17) is 0 Å². The Balaban J connectivity index is 1.75. The van der Waals surface area contributed by atoms with Gasteiger partial charge in [0.05, 0.1) is 30.0 Å². The quantitative estimate of drug-likeness (QED) is 0.901. The summed E-state index contributed by atoms with van der Waals surface area (Å²) in [6.07, 6.45) is 7.83. The lowest BCUT2D eigenvalue weighted by Gasteiger charge is -2.26. The normalized spacial score (nSPS) is 19.2. The Morgan fingerprint density at radius 1 is 1.22 bits per heavy atom. The van der Waals surface area contributed by atoms with Crippen LogP contribution in [0.5, 0.6) is 0 Å². The van der Waals surface area contributed by atoms with Crippen LogP contribution in [0.3, 0.4) is 0 Å². The number of aliphatic hydroxyl groups excluding tert-OH is 1. The van der Waals surface area contributed by atoms with Gasteiger partial charge in [0.25, 0.3) is 0 Å². The van der Waals surface area contributed by atoms with Crippen molar-refractivity contribution in [3.63, 3.8) is 0 Å². The first-order valence-corrected chi connectivity index (χ1v) is 6.92. The lowest BCUT2D eigenvalue weighted by atomic mass is 9.85. The van der Waals surface area contributed by atoms with Crippen LogP contribution in [0.4, 0.5) is 0 Å². The molecular formula is C15H20N2O. The van der Waals surface area contributed by atoms with E-state index in [2.05, 4.69) is 15.6 Å². The molecule has 1 aromatic carbocycles. The zero-order chi connectivity index (χ0) is 12.4. The van der Waals surface area contributed by atoms with Crippen LogP contribution >= 0.6 is 0 Å². The van der Waals surface area contributed by atoms with E-state index < -0.39 is 0 Å². The second-order valence-corrected chi connectivity index (χ2v) is 5.35.